The number of hydrogen-bond donors (Lipinski definition) is 1. The number of nitrogens with one attached hydrogen (secondary N) is 1. The van der Waals surface area contributed by atoms with Gasteiger partial charge >= 0.3 is 0 Å². The lowest BCUT2D eigenvalue weighted by molar-refractivity contribution is 0.638. The molecule has 0 amide bonds. The number of imidazole rings is 1. The van der Waals surface area contributed by atoms with E-state index in [4.69, 9.17) is 0 Å². The molecule has 1 aromatic carbocycles. The standard InChI is InChI=1S/C15H21N3/c1-4-5-9-18-10-8-16-15(18)17-14-7-6-12(2)11-13(14)3/h6-8,10-11H,4-5,9H2,1-3H3,(H,16,17). The zero-order chi connectivity index (χ0) is 13.0. The zero-order valence-electron chi connectivity index (χ0n) is 11.4. The Morgan fingerprint density at radius 1 is 1.28 bits per heavy atom. The molecule has 0 fully saturated rings. The van der Waals surface area contributed by atoms with E-state index < -0.39 is 0 Å². The van der Waals surface area contributed by atoms with Crippen LogP contribution in [-0.4, -0.2) is 9.55 Å². The fourth-order valence-corrected chi connectivity index (χ4v) is 2.02. The lowest BCUT2D eigenvalue weighted by atomic mass is 10.1. The Morgan fingerprint density at radius 3 is 2.83 bits per heavy atom. The maximum absolute atomic E-state index is 4.38. The Morgan fingerprint density at radius 2 is 2.11 bits per heavy atom. The third kappa shape index (κ3) is 2.92. The van der Waals surface area contributed by atoms with E-state index in [0.29, 0.717) is 0 Å². The highest BCUT2D eigenvalue weighted by Crippen LogP contribution is 2.20. The van der Waals surface area contributed by atoms with Crippen molar-refractivity contribution in [3.63, 3.8) is 0 Å². The predicted molar refractivity (Wildman–Crippen MR) is 76.3 cm³/mol. The van der Waals surface area contributed by atoms with Gasteiger partial charge in [-0.1, -0.05) is 31.0 Å². The van der Waals surface area contributed by atoms with Crippen LogP contribution in [0, 0.1) is 13.8 Å². The second-order valence-corrected chi connectivity index (χ2v) is 4.74. The molecule has 0 aliphatic heterocycles. The smallest absolute Gasteiger partial charge is 0.207 e. The third-order valence-electron chi connectivity index (χ3n) is 3.10. The molecule has 1 heterocycles. The average Bonchev–Trinajstić information content (AvgIpc) is 2.77. The number of rotatable bonds is 5. The van der Waals surface area contributed by atoms with E-state index in [2.05, 4.69) is 53.8 Å². The summed E-state index contributed by atoms with van der Waals surface area (Å²) >= 11 is 0. The zero-order valence-corrected chi connectivity index (χ0v) is 11.4. The van der Waals surface area contributed by atoms with Crippen LogP contribution in [0.3, 0.4) is 0 Å². The van der Waals surface area contributed by atoms with Crippen molar-refractivity contribution >= 4 is 11.6 Å². The SMILES string of the molecule is CCCCn1ccnc1Nc1ccc(C)cc1C. The second kappa shape index (κ2) is 5.71. The summed E-state index contributed by atoms with van der Waals surface area (Å²) in [6, 6.07) is 6.42. The highest BCUT2D eigenvalue weighted by Gasteiger charge is 2.04. The van der Waals surface area contributed by atoms with Crippen molar-refractivity contribution in [2.75, 3.05) is 5.32 Å². The Balaban J connectivity index is 2.15. The lowest BCUT2D eigenvalue weighted by Crippen LogP contribution is -2.04. The average molecular weight is 243 g/mol. The summed E-state index contributed by atoms with van der Waals surface area (Å²) in [5.74, 6) is 0.926. The summed E-state index contributed by atoms with van der Waals surface area (Å²) in [5.41, 5.74) is 3.66. The van der Waals surface area contributed by atoms with Gasteiger partial charge in [0.1, 0.15) is 0 Å². The van der Waals surface area contributed by atoms with Gasteiger partial charge in [0.15, 0.2) is 0 Å². The van der Waals surface area contributed by atoms with Crippen molar-refractivity contribution in [2.45, 2.75) is 40.2 Å². The van der Waals surface area contributed by atoms with E-state index in [-0.39, 0.29) is 0 Å². The van der Waals surface area contributed by atoms with Gasteiger partial charge in [0.2, 0.25) is 5.95 Å². The predicted octanol–water partition coefficient (Wildman–Crippen LogP) is 4.04. The van der Waals surface area contributed by atoms with Gasteiger partial charge < -0.3 is 9.88 Å². The number of anilines is 2. The summed E-state index contributed by atoms with van der Waals surface area (Å²) in [4.78, 5) is 4.38. The van der Waals surface area contributed by atoms with Crippen molar-refractivity contribution in [3.8, 4) is 0 Å². The van der Waals surface area contributed by atoms with E-state index in [9.17, 15) is 0 Å². The fraction of sp³-hybridized carbons (Fsp3) is 0.400. The summed E-state index contributed by atoms with van der Waals surface area (Å²) < 4.78 is 2.17. The third-order valence-corrected chi connectivity index (χ3v) is 3.10. The Hall–Kier alpha value is -1.77. The maximum Gasteiger partial charge on any atom is 0.207 e. The molecule has 2 aromatic rings. The first-order valence-electron chi connectivity index (χ1n) is 6.56. The van der Waals surface area contributed by atoms with Crippen LogP contribution in [0.25, 0.3) is 0 Å². The van der Waals surface area contributed by atoms with Gasteiger partial charge in [0.05, 0.1) is 0 Å². The molecule has 0 unspecified atom stereocenters. The van der Waals surface area contributed by atoms with Crippen LogP contribution in [-0.2, 0) is 6.54 Å². The molecular weight excluding hydrogens is 222 g/mol. The fourth-order valence-electron chi connectivity index (χ4n) is 2.02. The van der Waals surface area contributed by atoms with Crippen LogP contribution in [0.2, 0.25) is 0 Å². The quantitative estimate of drug-likeness (QED) is 0.858. The topological polar surface area (TPSA) is 29.9 Å². The van der Waals surface area contributed by atoms with E-state index in [0.717, 1.165) is 18.2 Å². The highest BCUT2D eigenvalue weighted by atomic mass is 15.2. The second-order valence-electron chi connectivity index (χ2n) is 4.74. The molecule has 0 atom stereocenters. The van der Waals surface area contributed by atoms with Crippen molar-refractivity contribution in [1.29, 1.82) is 0 Å². The van der Waals surface area contributed by atoms with E-state index in [1.807, 2.05) is 12.4 Å². The molecule has 1 N–H and O–H groups in total. The number of hydrogen-bond acceptors (Lipinski definition) is 2. The summed E-state index contributed by atoms with van der Waals surface area (Å²) in [7, 11) is 0. The minimum atomic E-state index is 0.926. The molecule has 0 saturated heterocycles. The van der Waals surface area contributed by atoms with Crippen LogP contribution in [0.5, 0.6) is 0 Å². The first kappa shape index (κ1) is 12.7. The molecule has 2 rings (SSSR count). The van der Waals surface area contributed by atoms with Gasteiger partial charge in [-0.3, -0.25) is 0 Å². The largest absolute Gasteiger partial charge is 0.325 e. The Kier molecular flexibility index (Phi) is 4.03. The first-order valence-corrected chi connectivity index (χ1v) is 6.56. The minimum absolute atomic E-state index is 0.926. The van der Waals surface area contributed by atoms with Crippen molar-refractivity contribution in [3.05, 3.63) is 41.7 Å². The molecule has 0 radical (unpaired) electrons. The summed E-state index contributed by atoms with van der Waals surface area (Å²) in [5, 5.41) is 3.41. The molecule has 0 aliphatic rings. The van der Waals surface area contributed by atoms with Gasteiger partial charge in [0.25, 0.3) is 0 Å². The molecule has 96 valence electrons. The molecule has 0 saturated carbocycles. The van der Waals surface area contributed by atoms with E-state index in [1.54, 1.807) is 0 Å². The van der Waals surface area contributed by atoms with Gasteiger partial charge in [0, 0.05) is 24.6 Å². The molecule has 0 aliphatic carbocycles. The van der Waals surface area contributed by atoms with Gasteiger partial charge in [-0.15, -0.1) is 0 Å². The minimum Gasteiger partial charge on any atom is -0.325 e. The summed E-state index contributed by atoms with van der Waals surface area (Å²) in [6.07, 6.45) is 6.25. The number of nitrogens with zero attached hydrogens (tertiary/aromatic N) is 2. The van der Waals surface area contributed by atoms with Gasteiger partial charge in [-0.25, -0.2) is 4.98 Å². The first-order chi connectivity index (χ1) is 8.70. The maximum atomic E-state index is 4.38. The van der Waals surface area contributed by atoms with Crippen LogP contribution < -0.4 is 5.32 Å². The normalized spacial score (nSPS) is 10.6. The lowest BCUT2D eigenvalue weighted by Gasteiger charge is -2.11. The number of benzene rings is 1. The van der Waals surface area contributed by atoms with Gasteiger partial charge in [-0.2, -0.15) is 0 Å². The number of aryl methyl sites for hydroxylation is 3. The molecule has 0 spiro atoms. The Bertz CT molecular complexity index is 514. The van der Waals surface area contributed by atoms with Crippen molar-refractivity contribution in [1.82, 2.24) is 9.55 Å². The molecule has 0 bridgehead atoms. The number of aromatic nitrogens is 2. The monoisotopic (exact) mass is 243 g/mol. The van der Waals surface area contributed by atoms with E-state index >= 15 is 0 Å². The van der Waals surface area contributed by atoms with Crippen LogP contribution in [0.4, 0.5) is 11.6 Å². The van der Waals surface area contributed by atoms with Crippen LogP contribution >= 0.6 is 0 Å². The molecular formula is C15H21N3. The highest BCUT2D eigenvalue weighted by molar-refractivity contribution is 5.59. The van der Waals surface area contributed by atoms with Gasteiger partial charge in [-0.05, 0) is 31.9 Å². The van der Waals surface area contributed by atoms with Crippen molar-refractivity contribution in [2.24, 2.45) is 0 Å². The Labute approximate surface area is 109 Å². The molecule has 3 heteroatoms. The number of unbranched alkanes of at least 4 members (excludes halogenated alkanes) is 1. The van der Waals surface area contributed by atoms with Crippen molar-refractivity contribution < 1.29 is 0 Å². The summed E-state index contributed by atoms with van der Waals surface area (Å²) in [6.45, 7) is 7.45. The van der Waals surface area contributed by atoms with Crippen LogP contribution in [0.1, 0.15) is 30.9 Å². The molecule has 1 aromatic heterocycles. The molecule has 3 nitrogen and oxygen atoms in total. The molecule has 18 heavy (non-hydrogen) atoms. The van der Waals surface area contributed by atoms with Crippen LogP contribution in [0.15, 0.2) is 30.6 Å². The van der Waals surface area contributed by atoms with E-state index in [1.165, 1.54) is 24.0 Å².